The zero-order valence-electron chi connectivity index (χ0n) is 16.8. The molecule has 5 heteroatoms. The predicted octanol–water partition coefficient (Wildman–Crippen LogP) is 4.96. The number of carbonyl (C=O) groups excluding carboxylic acids is 1. The number of alkyl carbamates (subject to hydrolysis) is 1. The Bertz CT molecular complexity index is 607. The van der Waals surface area contributed by atoms with Crippen molar-refractivity contribution in [2.45, 2.75) is 78.0 Å². The molecule has 0 heterocycles. The second-order valence-electron chi connectivity index (χ2n) is 8.26. The van der Waals surface area contributed by atoms with Crippen LogP contribution in [-0.2, 0) is 4.74 Å². The standard InChI is InChI=1S/C21H33FN2O2/c1-15-9-8-12-18(19(15)22)16(2)24(17-10-6-7-11-17)14-13-23-20(25)26-21(3,4)5/h8-9,12,16-17H,6-7,10-11,13-14H2,1-5H3,(H,23,25). The summed E-state index contributed by atoms with van der Waals surface area (Å²) in [5, 5.41) is 2.83. The summed E-state index contributed by atoms with van der Waals surface area (Å²) in [5.74, 6) is -0.122. The predicted molar refractivity (Wildman–Crippen MR) is 103 cm³/mol. The van der Waals surface area contributed by atoms with Gasteiger partial charge in [0.05, 0.1) is 0 Å². The molecule has 1 aliphatic carbocycles. The second kappa shape index (κ2) is 8.85. The van der Waals surface area contributed by atoms with Crippen LogP contribution < -0.4 is 5.32 Å². The molecule has 1 aromatic rings. The van der Waals surface area contributed by atoms with Crippen molar-refractivity contribution in [3.8, 4) is 0 Å². The molecule has 0 aromatic heterocycles. The molecule has 1 saturated carbocycles. The fourth-order valence-electron chi connectivity index (χ4n) is 3.70. The molecule has 0 bridgehead atoms. The van der Waals surface area contributed by atoms with Crippen molar-refractivity contribution >= 4 is 6.09 Å². The van der Waals surface area contributed by atoms with Crippen LogP contribution in [0.5, 0.6) is 0 Å². The minimum atomic E-state index is -0.507. The lowest BCUT2D eigenvalue weighted by molar-refractivity contribution is 0.0511. The van der Waals surface area contributed by atoms with Gasteiger partial charge >= 0.3 is 6.09 Å². The lowest BCUT2D eigenvalue weighted by atomic mass is 10.0. The Labute approximate surface area is 157 Å². The molecule has 1 aliphatic rings. The summed E-state index contributed by atoms with van der Waals surface area (Å²) in [4.78, 5) is 14.2. The summed E-state index contributed by atoms with van der Waals surface area (Å²) in [6.07, 6.45) is 4.28. The SMILES string of the molecule is Cc1cccc(C(C)N(CCNC(=O)OC(C)(C)C)C2CCCC2)c1F. The zero-order chi connectivity index (χ0) is 19.3. The molecule has 0 radical (unpaired) electrons. The molecule has 2 rings (SSSR count). The van der Waals surface area contributed by atoms with Crippen molar-refractivity contribution in [1.82, 2.24) is 10.2 Å². The van der Waals surface area contributed by atoms with Crippen LogP contribution in [0.2, 0.25) is 0 Å². The van der Waals surface area contributed by atoms with Crippen LogP contribution in [0.25, 0.3) is 0 Å². The molecule has 1 N–H and O–H groups in total. The number of nitrogens with zero attached hydrogens (tertiary/aromatic N) is 1. The average Bonchev–Trinajstić information content (AvgIpc) is 3.06. The molecule has 1 fully saturated rings. The number of ether oxygens (including phenoxy) is 1. The summed E-state index contributed by atoms with van der Waals surface area (Å²) in [6.45, 7) is 10.6. The highest BCUT2D eigenvalue weighted by Gasteiger charge is 2.28. The Morgan fingerprint density at radius 2 is 2.00 bits per heavy atom. The number of rotatable bonds is 6. The first-order chi connectivity index (χ1) is 12.2. The van der Waals surface area contributed by atoms with Gasteiger partial charge in [-0.15, -0.1) is 0 Å². The van der Waals surface area contributed by atoms with Gasteiger partial charge in [-0.25, -0.2) is 9.18 Å². The molecular weight excluding hydrogens is 331 g/mol. The van der Waals surface area contributed by atoms with E-state index in [9.17, 15) is 9.18 Å². The second-order valence-corrected chi connectivity index (χ2v) is 8.26. The van der Waals surface area contributed by atoms with Crippen molar-refractivity contribution in [3.05, 3.63) is 35.1 Å². The van der Waals surface area contributed by atoms with Gasteiger partial charge in [-0.05, 0) is 53.0 Å². The van der Waals surface area contributed by atoms with E-state index in [2.05, 4.69) is 17.1 Å². The summed E-state index contributed by atoms with van der Waals surface area (Å²) in [5.41, 5.74) is 0.898. The van der Waals surface area contributed by atoms with E-state index in [0.29, 0.717) is 24.7 Å². The molecule has 1 unspecified atom stereocenters. The van der Waals surface area contributed by atoms with E-state index in [1.54, 1.807) is 13.0 Å². The highest BCUT2D eigenvalue weighted by Crippen LogP contribution is 2.32. The third-order valence-electron chi connectivity index (χ3n) is 5.00. The van der Waals surface area contributed by atoms with Crippen molar-refractivity contribution in [3.63, 3.8) is 0 Å². The van der Waals surface area contributed by atoms with E-state index >= 15 is 0 Å². The first kappa shape index (κ1) is 20.7. The first-order valence-corrected chi connectivity index (χ1v) is 9.66. The maximum absolute atomic E-state index is 14.6. The number of aryl methyl sites for hydroxylation is 1. The Hall–Kier alpha value is -1.62. The van der Waals surface area contributed by atoms with Crippen molar-refractivity contribution in [2.75, 3.05) is 13.1 Å². The Kier molecular flexibility index (Phi) is 7.04. The van der Waals surface area contributed by atoms with E-state index in [-0.39, 0.29) is 11.9 Å². The van der Waals surface area contributed by atoms with Gasteiger partial charge in [-0.1, -0.05) is 31.0 Å². The number of amides is 1. The van der Waals surface area contributed by atoms with Crippen molar-refractivity contribution in [1.29, 1.82) is 0 Å². The van der Waals surface area contributed by atoms with Crippen LogP contribution in [-0.4, -0.2) is 35.7 Å². The zero-order valence-corrected chi connectivity index (χ0v) is 16.8. The average molecular weight is 365 g/mol. The van der Waals surface area contributed by atoms with Gasteiger partial charge in [-0.2, -0.15) is 0 Å². The van der Waals surface area contributed by atoms with Crippen LogP contribution in [0.15, 0.2) is 18.2 Å². The molecule has 1 atom stereocenters. The lowest BCUT2D eigenvalue weighted by Gasteiger charge is -2.35. The van der Waals surface area contributed by atoms with Gasteiger partial charge < -0.3 is 10.1 Å². The number of carbonyl (C=O) groups is 1. The lowest BCUT2D eigenvalue weighted by Crippen LogP contribution is -2.42. The van der Waals surface area contributed by atoms with E-state index in [1.807, 2.05) is 32.9 Å². The molecule has 26 heavy (non-hydrogen) atoms. The molecule has 4 nitrogen and oxygen atoms in total. The van der Waals surface area contributed by atoms with Gasteiger partial charge in [0.2, 0.25) is 0 Å². The van der Waals surface area contributed by atoms with E-state index in [4.69, 9.17) is 4.74 Å². The van der Waals surface area contributed by atoms with Gasteiger partial charge in [-0.3, -0.25) is 4.90 Å². The summed E-state index contributed by atoms with van der Waals surface area (Å²) in [7, 11) is 0. The van der Waals surface area contributed by atoms with Crippen LogP contribution >= 0.6 is 0 Å². The maximum Gasteiger partial charge on any atom is 0.407 e. The molecule has 1 amide bonds. The molecule has 146 valence electrons. The van der Waals surface area contributed by atoms with Crippen LogP contribution in [0.4, 0.5) is 9.18 Å². The van der Waals surface area contributed by atoms with Crippen LogP contribution in [0.3, 0.4) is 0 Å². The summed E-state index contributed by atoms with van der Waals surface area (Å²) >= 11 is 0. The molecule has 0 aliphatic heterocycles. The van der Waals surface area contributed by atoms with E-state index in [0.717, 1.165) is 18.4 Å². The molecular formula is C21H33FN2O2. The third kappa shape index (κ3) is 5.70. The fourth-order valence-corrected chi connectivity index (χ4v) is 3.70. The summed E-state index contributed by atoms with van der Waals surface area (Å²) in [6, 6.07) is 5.99. The maximum atomic E-state index is 14.6. The van der Waals surface area contributed by atoms with Gasteiger partial charge in [0.1, 0.15) is 11.4 Å². The molecule has 1 aromatic carbocycles. The van der Waals surface area contributed by atoms with E-state index in [1.165, 1.54) is 12.8 Å². The van der Waals surface area contributed by atoms with Gasteiger partial charge in [0.15, 0.2) is 0 Å². The summed E-state index contributed by atoms with van der Waals surface area (Å²) < 4.78 is 19.9. The molecule has 0 saturated heterocycles. The van der Waals surface area contributed by atoms with Crippen LogP contribution in [0, 0.1) is 12.7 Å². The number of benzene rings is 1. The highest BCUT2D eigenvalue weighted by molar-refractivity contribution is 5.67. The van der Waals surface area contributed by atoms with Gasteiger partial charge in [0.25, 0.3) is 0 Å². The van der Waals surface area contributed by atoms with Crippen molar-refractivity contribution < 1.29 is 13.9 Å². The normalized spacial score (nSPS) is 16.7. The van der Waals surface area contributed by atoms with E-state index < -0.39 is 11.7 Å². The number of nitrogens with one attached hydrogen (secondary N) is 1. The largest absolute Gasteiger partial charge is 0.444 e. The minimum absolute atomic E-state index is 0.0292. The Morgan fingerprint density at radius 1 is 1.35 bits per heavy atom. The Morgan fingerprint density at radius 3 is 2.62 bits per heavy atom. The highest BCUT2D eigenvalue weighted by atomic mass is 19.1. The van der Waals surface area contributed by atoms with Gasteiger partial charge in [0, 0.05) is 30.7 Å². The number of halogens is 1. The van der Waals surface area contributed by atoms with Crippen LogP contribution in [0.1, 0.15) is 70.5 Å². The topological polar surface area (TPSA) is 41.6 Å². The number of hydrogen-bond acceptors (Lipinski definition) is 3. The molecule has 0 spiro atoms. The van der Waals surface area contributed by atoms with Crippen molar-refractivity contribution in [2.24, 2.45) is 0 Å². The fraction of sp³-hybridized carbons (Fsp3) is 0.667. The minimum Gasteiger partial charge on any atom is -0.444 e. The number of hydrogen-bond donors (Lipinski definition) is 1. The monoisotopic (exact) mass is 364 g/mol. The Balaban J connectivity index is 2.04. The third-order valence-corrected chi connectivity index (χ3v) is 5.00. The first-order valence-electron chi connectivity index (χ1n) is 9.66. The quantitative estimate of drug-likeness (QED) is 0.775. The smallest absolute Gasteiger partial charge is 0.407 e.